The highest BCUT2D eigenvalue weighted by atomic mass is 32.3. The maximum Gasteiger partial charge on any atom is 0.393 e. The third kappa shape index (κ3) is 7.49. The van der Waals surface area contributed by atoms with Crippen LogP contribution in [0.3, 0.4) is 0 Å². The highest BCUT2D eigenvalue weighted by Crippen LogP contribution is 2.41. The van der Waals surface area contributed by atoms with E-state index in [1.165, 1.54) is 12.1 Å². The standard InChI is InChI=1S/C23H31F3N4O6S/c1-34-8-9-35-21-27-20(36-28-21)19-12-18(17-4-2-16(3-5-17)13-23(24,25)26)14-30(15-19)22(31)29-6-10-37(32,33)11-7-29/h2-5,18-19,32-33H,6-15H2,1H3. The molecule has 1 aromatic heterocycles. The maximum absolute atomic E-state index is 13.4. The Balaban J connectivity index is 1.52. The molecule has 0 spiro atoms. The summed E-state index contributed by atoms with van der Waals surface area (Å²) < 4.78 is 73.9. The molecule has 2 aliphatic heterocycles. The number of hydrogen-bond acceptors (Lipinski definition) is 8. The predicted octanol–water partition coefficient (Wildman–Crippen LogP) is 3.96. The fourth-order valence-corrected chi connectivity index (χ4v) is 5.82. The zero-order valence-electron chi connectivity index (χ0n) is 20.4. The van der Waals surface area contributed by atoms with E-state index in [-0.39, 0.29) is 60.6 Å². The average molecular weight is 549 g/mol. The molecule has 2 aromatic rings. The van der Waals surface area contributed by atoms with E-state index in [1.807, 2.05) is 0 Å². The molecule has 2 amide bonds. The Labute approximate surface area is 214 Å². The smallest absolute Gasteiger partial charge is 0.393 e. The van der Waals surface area contributed by atoms with Crippen LogP contribution in [0.2, 0.25) is 0 Å². The van der Waals surface area contributed by atoms with Crippen LogP contribution in [0.25, 0.3) is 0 Å². The van der Waals surface area contributed by atoms with Crippen molar-refractivity contribution in [2.45, 2.75) is 30.9 Å². The van der Waals surface area contributed by atoms with Crippen molar-refractivity contribution in [1.82, 2.24) is 19.9 Å². The molecular formula is C23H31F3N4O6S. The molecule has 37 heavy (non-hydrogen) atoms. The number of urea groups is 1. The number of nitrogens with zero attached hydrogens (tertiary/aromatic N) is 4. The number of carbonyl (C=O) groups excluding carboxylic acids is 1. The third-order valence-corrected chi connectivity index (χ3v) is 8.19. The van der Waals surface area contributed by atoms with Crippen LogP contribution in [-0.2, 0) is 11.2 Å². The fraction of sp³-hybridized carbons (Fsp3) is 0.609. The van der Waals surface area contributed by atoms with Crippen molar-refractivity contribution in [3.8, 4) is 6.01 Å². The van der Waals surface area contributed by atoms with Crippen molar-refractivity contribution >= 4 is 16.6 Å². The highest BCUT2D eigenvalue weighted by Gasteiger charge is 2.37. The van der Waals surface area contributed by atoms with Gasteiger partial charge in [0.05, 0.1) is 30.5 Å². The lowest BCUT2D eigenvalue weighted by Gasteiger charge is -2.44. The Bertz CT molecular complexity index is 1040. The summed E-state index contributed by atoms with van der Waals surface area (Å²) >= 11 is 0. The molecule has 0 aliphatic carbocycles. The van der Waals surface area contributed by atoms with Gasteiger partial charge in [0.15, 0.2) is 0 Å². The lowest BCUT2D eigenvalue weighted by molar-refractivity contribution is -0.127. The lowest BCUT2D eigenvalue weighted by atomic mass is 9.84. The largest absolute Gasteiger partial charge is 0.459 e. The third-order valence-electron chi connectivity index (χ3n) is 6.51. The Morgan fingerprint density at radius 2 is 1.78 bits per heavy atom. The summed E-state index contributed by atoms with van der Waals surface area (Å²) in [6, 6.07) is 6.07. The van der Waals surface area contributed by atoms with Gasteiger partial charge in [-0.1, -0.05) is 24.3 Å². The zero-order valence-corrected chi connectivity index (χ0v) is 21.2. The van der Waals surface area contributed by atoms with E-state index in [0.717, 1.165) is 5.56 Å². The molecule has 4 rings (SSSR count). The summed E-state index contributed by atoms with van der Waals surface area (Å²) in [5, 5.41) is 3.85. The van der Waals surface area contributed by atoms with Gasteiger partial charge in [0.2, 0.25) is 5.89 Å². The van der Waals surface area contributed by atoms with Gasteiger partial charge in [-0.3, -0.25) is 9.11 Å². The van der Waals surface area contributed by atoms with Crippen molar-refractivity contribution < 1.29 is 41.1 Å². The molecule has 2 saturated heterocycles. The van der Waals surface area contributed by atoms with E-state index >= 15 is 0 Å². The number of halogens is 3. The van der Waals surface area contributed by atoms with Crippen molar-refractivity contribution in [2.75, 3.05) is 58.0 Å². The van der Waals surface area contributed by atoms with Gasteiger partial charge in [-0.25, -0.2) is 4.79 Å². The lowest BCUT2D eigenvalue weighted by Crippen LogP contribution is -2.52. The Morgan fingerprint density at radius 3 is 2.43 bits per heavy atom. The maximum atomic E-state index is 13.4. The first-order valence-electron chi connectivity index (χ1n) is 11.9. The monoisotopic (exact) mass is 548 g/mol. The topological polar surface area (TPSA) is 121 Å². The minimum atomic E-state index is -4.29. The summed E-state index contributed by atoms with van der Waals surface area (Å²) in [4.78, 5) is 21.0. The summed E-state index contributed by atoms with van der Waals surface area (Å²) in [5.74, 6) is 0.0572. The number of benzene rings is 1. The van der Waals surface area contributed by atoms with Gasteiger partial charge in [0.25, 0.3) is 0 Å². The molecule has 2 fully saturated rings. The van der Waals surface area contributed by atoms with Crippen LogP contribution in [-0.4, -0.2) is 99.3 Å². The number of alkyl halides is 3. The predicted molar refractivity (Wildman–Crippen MR) is 129 cm³/mol. The summed E-state index contributed by atoms with van der Waals surface area (Å²) in [6.07, 6.45) is -4.76. The van der Waals surface area contributed by atoms with Crippen LogP contribution in [0.4, 0.5) is 18.0 Å². The van der Waals surface area contributed by atoms with E-state index in [4.69, 9.17) is 14.0 Å². The molecule has 3 heterocycles. The SMILES string of the molecule is COCCOc1noc(C2CC(c3ccc(CC(F)(F)F)cc3)CN(C(=O)N3CCS(O)(O)CC3)C2)n1. The first-order chi connectivity index (χ1) is 17.5. The van der Waals surface area contributed by atoms with Crippen molar-refractivity contribution in [3.63, 3.8) is 0 Å². The van der Waals surface area contributed by atoms with Gasteiger partial charge < -0.3 is 23.8 Å². The minimum absolute atomic E-state index is 0.0600. The van der Waals surface area contributed by atoms with Crippen molar-refractivity contribution in [2.24, 2.45) is 0 Å². The zero-order chi connectivity index (χ0) is 26.6. The Kier molecular flexibility index (Phi) is 8.51. The van der Waals surface area contributed by atoms with E-state index in [2.05, 4.69) is 10.1 Å². The minimum Gasteiger partial charge on any atom is -0.459 e. The molecule has 2 unspecified atom stereocenters. The molecule has 0 saturated carbocycles. The number of amides is 2. The highest BCUT2D eigenvalue weighted by molar-refractivity contribution is 8.24. The van der Waals surface area contributed by atoms with Crippen molar-refractivity contribution in [1.29, 1.82) is 0 Å². The first kappa shape index (κ1) is 27.5. The van der Waals surface area contributed by atoms with Crippen LogP contribution < -0.4 is 4.74 Å². The van der Waals surface area contributed by atoms with E-state index < -0.39 is 23.2 Å². The second kappa shape index (κ2) is 11.5. The van der Waals surface area contributed by atoms with Crippen molar-refractivity contribution in [3.05, 3.63) is 41.3 Å². The number of carbonyl (C=O) groups is 1. The van der Waals surface area contributed by atoms with Gasteiger partial charge in [-0.05, 0) is 22.7 Å². The number of aromatic nitrogens is 2. The van der Waals surface area contributed by atoms with Gasteiger partial charge in [-0.2, -0.15) is 28.7 Å². The fourth-order valence-electron chi connectivity index (χ4n) is 4.59. The number of likely N-dealkylation sites (tertiary alicyclic amines) is 1. The molecule has 2 atom stereocenters. The molecule has 2 aliphatic rings. The average Bonchev–Trinajstić information content (AvgIpc) is 3.32. The second-order valence-electron chi connectivity index (χ2n) is 9.30. The van der Waals surface area contributed by atoms with Crippen LogP contribution in [0.1, 0.15) is 35.3 Å². The van der Waals surface area contributed by atoms with Gasteiger partial charge in [0.1, 0.15) is 6.61 Å². The first-order valence-corrected chi connectivity index (χ1v) is 13.8. The van der Waals surface area contributed by atoms with E-state index in [1.54, 1.807) is 29.0 Å². The van der Waals surface area contributed by atoms with E-state index in [9.17, 15) is 27.1 Å². The molecule has 10 nitrogen and oxygen atoms in total. The number of rotatable bonds is 7. The number of ether oxygens (including phenoxy) is 2. The van der Waals surface area contributed by atoms with Gasteiger partial charge in [0, 0.05) is 39.2 Å². The normalized spacial score (nSPS) is 23.1. The molecular weight excluding hydrogens is 517 g/mol. The molecule has 206 valence electrons. The summed E-state index contributed by atoms with van der Waals surface area (Å²) in [6.45, 7) is 1.71. The van der Waals surface area contributed by atoms with Gasteiger partial charge >= 0.3 is 18.2 Å². The number of piperidine rings is 1. The second-order valence-corrected chi connectivity index (χ2v) is 11.7. The summed E-state index contributed by atoms with van der Waals surface area (Å²) in [7, 11) is -1.12. The Hall–Kier alpha value is -2.55. The molecule has 2 N–H and O–H groups in total. The molecule has 0 bridgehead atoms. The quantitative estimate of drug-likeness (QED) is 0.499. The van der Waals surface area contributed by atoms with Crippen LogP contribution in [0.5, 0.6) is 6.01 Å². The Morgan fingerprint density at radius 1 is 1.11 bits per heavy atom. The molecule has 1 aromatic carbocycles. The van der Waals surface area contributed by atoms with Crippen LogP contribution in [0.15, 0.2) is 28.8 Å². The number of hydrogen-bond donors (Lipinski definition) is 2. The van der Waals surface area contributed by atoms with Crippen LogP contribution >= 0.6 is 10.6 Å². The number of methoxy groups -OCH3 is 1. The van der Waals surface area contributed by atoms with E-state index in [0.29, 0.717) is 32.0 Å². The molecule has 0 radical (unpaired) electrons. The van der Waals surface area contributed by atoms with Gasteiger partial charge in [-0.15, -0.1) is 0 Å². The molecule has 14 heteroatoms. The summed E-state index contributed by atoms with van der Waals surface area (Å²) in [5.41, 5.74) is 0.968. The van der Waals surface area contributed by atoms with Crippen LogP contribution in [0, 0.1) is 0 Å².